The van der Waals surface area contributed by atoms with Crippen molar-refractivity contribution in [2.45, 2.75) is 0 Å². The van der Waals surface area contributed by atoms with Crippen LogP contribution in [0.5, 0.6) is 0 Å². The topological polar surface area (TPSA) is 47.2 Å². The highest BCUT2D eigenvalue weighted by atomic mass is 79.9. The third kappa shape index (κ3) is 1.16. The molecule has 4 nitrogen and oxygen atoms in total. The molecule has 0 fully saturated rings. The number of aryl methyl sites for hydroxylation is 1. The first-order chi connectivity index (χ1) is 4.24. The van der Waals surface area contributed by atoms with Crippen molar-refractivity contribution in [2.75, 3.05) is 0 Å². The molecular formula is C4H4BrN3O. The average Bonchev–Trinajstić information content (AvgIpc) is 2.13. The van der Waals surface area contributed by atoms with Crippen LogP contribution in [0.2, 0.25) is 0 Å². The molecule has 1 rings (SSSR count). The Kier molecular flexibility index (Phi) is 1.61. The zero-order chi connectivity index (χ0) is 6.85. The van der Waals surface area contributed by atoms with Crippen LogP contribution in [0.4, 0.5) is 5.82 Å². The molecule has 0 aliphatic heterocycles. The monoisotopic (exact) mass is 189 g/mol. The predicted molar refractivity (Wildman–Crippen MR) is 36.4 cm³/mol. The Morgan fingerprint density at radius 2 is 2.56 bits per heavy atom. The van der Waals surface area contributed by atoms with Gasteiger partial charge in [0.1, 0.15) is 0 Å². The molecule has 9 heavy (non-hydrogen) atoms. The number of nitroso groups, excluding NO2 is 1. The minimum Gasteiger partial charge on any atom is -0.326 e. The van der Waals surface area contributed by atoms with E-state index in [1.165, 1.54) is 6.20 Å². The fraction of sp³-hybridized carbons (Fsp3) is 0.250. The molecule has 0 atom stereocenters. The lowest BCUT2D eigenvalue weighted by Crippen LogP contribution is -1.82. The second kappa shape index (κ2) is 2.26. The first kappa shape index (κ1) is 6.41. The quantitative estimate of drug-likeness (QED) is 0.631. The summed E-state index contributed by atoms with van der Waals surface area (Å²) in [6.45, 7) is 0. The highest BCUT2D eigenvalue weighted by Gasteiger charge is 1.99. The zero-order valence-corrected chi connectivity index (χ0v) is 6.29. The number of aromatic nitrogens is 2. The summed E-state index contributed by atoms with van der Waals surface area (Å²) in [6.07, 6.45) is 1.54. The van der Waals surface area contributed by atoms with E-state index in [-0.39, 0.29) is 5.82 Å². The lowest BCUT2D eigenvalue weighted by Gasteiger charge is -1.84. The van der Waals surface area contributed by atoms with Gasteiger partial charge in [-0.15, -0.1) is 4.91 Å². The summed E-state index contributed by atoms with van der Waals surface area (Å²) in [7, 11) is 1.77. The molecule has 0 unspecified atom stereocenters. The van der Waals surface area contributed by atoms with E-state index in [2.05, 4.69) is 26.1 Å². The van der Waals surface area contributed by atoms with Gasteiger partial charge in [0.15, 0.2) is 4.73 Å². The van der Waals surface area contributed by atoms with Gasteiger partial charge in [-0.1, -0.05) is 0 Å². The minimum absolute atomic E-state index is 0.198. The summed E-state index contributed by atoms with van der Waals surface area (Å²) in [5.41, 5.74) is 0. The molecule has 0 N–H and O–H groups in total. The Hall–Kier alpha value is -0.710. The average molecular weight is 190 g/mol. The Labute approximate surface area is 60.0 Å². The SMILES string of the molecule is Cn1cc(N=O)nc1Br. The Morgan fingerprint density at radius 3 is 2.78 bits per heavy atom. The number of hydrogen-bond donors (Lipinski definition) is 0. The van der Waals surface area contributed by atoms with E-state index < -0.39 is 0 Å². The number of nitrogens with zero attached hydrogens (tertiary/aromatic N) is 3. The van der Waals surface area contributed by atoms with Crippen molar-refractivity contribution in [3.63, 3.8) is 0 Å². The van der Waals surface area contributed by atoms with Crippen molar-refractivity contribution in [2.24, 2.45) is 12.2 Å². The molecule has 0 saturated carbocycles. The van der Waals surface area contributed by atoms with Crippen LogP contribution in [-0.2, 0) is 7.05 Å². The van der Waals surface area contributed by atoms with E-state index >= 15 is 0 Å². The fourth-order valence-corrected chi connectivity index (χ4v) is 0.757. The van der Waals surface area contributed by atoms with Gasteiger partial charge in [-0.05, 0) is 21.1 Å². The fourth-order valence-electron chi connectivity index (χ4n) is 0.473. The molecule has 0 aliphatic rings. The molecule has 0 saturated heterocycles. The largest absolute Gasteiger partial charge is 0.326 e. The van der Waals surface area contributed by atoms with E-state index in [1.54, 1.807) is 11.6 Å². The van der Waals surface area contributed by atoms with Crippen LogP contribution in [-0.4, -0.2) is 9.55 Å². The maximum absolute atomic E-state index is 9.83. The van der Waals surface area contributed by atoms with Crippen molar-refractivity contribution in [1.29, 1.82) is 0 Å². The van der Waals surface area contributed by atoms with Gasteiger partial charge in [0.05, 0.1) is 6.20 Å². The third-order valence-electron chi connectivity index (χ3n) is 0.901. The van der Waals surface area contributed by atoms with E-state index in [4.69, 9.17) is 0 Å². The van der Waals surface area contributed by atoms with Gasteiger partial charge in [0.2, 0.25) is 5.82 Å². The van der Waals surface area contributed by atoms with Crippen molar-refractivity contribution in [3.05, 3.63) is 15.8 Å². The summed E-state index contributed by atoms with van der Waals surface area (Å²) in [5.74, 6) is 0.198. The van der Waals surface area contributed by atoms with Gasteiger partial charge in [0, 0.05) is 7.05 Å². The van der Waals surface area contributed by atoms with Gasteiger partial charge in [-0.2, -0.15) is 4.98 Å². The predicted octanol–water partition coefficient (Wildman–Crippen LogP) is 1.58. The van der Waals surface area contributed by atoms with Crippen LogP contribution in [0.3, 0.4) is 0 Å². The van der Waals surface area contributed by atoms with Crippen LogP contribution < -0.4 is 0 Å². The van der Waals surface area contributed by atoms with Crippen LogP contribution in [0.25, 0.3) is 0 Å². The van der Waals surface area contributed by atoms with Gasteiger partial charge in [0.25, 0.3) is 0 Å². The number of halogens is 1. The molecule has 0 amide bonds. The van der Waals surface area contributed by atoms with Crippen LogP contribution in [0.1, 0.15) is 0 Å². The number of hydrogen-bond acceptors (Lipinski definition) is 3. The van der Waals surface area contributed by atoms with Crippen LogP contribution in [0, 0.1) is 4.91 Å². The van der Waals surface area contributed by atoms with Crippen molar-refractivity contribution in [3.8, 4) is 0 Å². The second-order valence-electron chi connectivity index (χ2n) is 1.57. The summed E-state index contributed by atoms with van der Waals surface area (Å²) in [4.78, 5) is 13.6. The Balaban J connectivity index is 3.11. The van der Waals surface area contributed by atoms with Gasteiger partial charge >= 0.3 is 0 Å². The number of rotatable bonds is 1. The highest BCUT2D eigenvalue weighted by molar-refractivity contribution is 9.10. The minimum atomic E-state index is 0.198. The molecule has 0 radical (unpaired) electrons. The van der Waals surface area contributed by atoms with Crippen LogP contribution >= 0.6 is 15.9 Å². The smallest absolute Gasteiger partial charge is 0.215 e. The summed E-state index contributed by atoms with van der Waals surface area (Å²) >= 11 is 3.11. The van der Waals surface area contributed by atoms with Gasteiger partial charge in [-0.3, -0.25) is 0 Å². The first-order valence-corrected chi connectivity index (χ1v) is 3.05. The Morgan fingerprint density at radius 1 is 1.89 bits per heavy atom. The van der Waals surface area contributed by atoms with Gasteiger partial charge < -0.3 is 4.57 Å². The molecule has 5 heteroatoms. The lowest BCUT2D eigenvalue weighted by molar-refractivity contribution is 0.881. The maximum Gasteiger partial charge on any atom is 0.215 e. The standard InChI is InChI=1S/C4H4BrN3O/c1-8-2-3(7-9)6-4(8)5/h2H,1H3. The highest BCUT2D eigenvalue weighted by Crippen LogP contribution is 2.13. The summed E-state index contributed by atoms with van der Waals surface area (Å²) in [6, 6.07) is 0. The first-order valence-electron chi connectivity index (χ1n) is 2.26. The Bertz CT molecular complexity index is 212. The molecule has 48 valence electrons. The molecular weight excluding hydrogens is 186 g/mol. The van der Waals surface area contributed by atoms with Crippen molar-refractivity contribution < 1.29 is 0 Å². The third-order valence-corrected chi connectivity index (χ3v) is 1.64. The molecule has 0 aromatic carbocycles. The van der Waals surface area contributed by atoms with Crippen molar-refractivity contribution in [1.82, 2.24) is 9.55 Å². The zero-order valence-electron chi connectivity index (χ0n) is 4.71. The normalized spacial score (nSPS) is 9.56. The van der Waals surface area contributed by atoms with E-state index in [0.29, 0.717) is 4.73 Å². The summed E-state index contributed by atoms with van der Waals surface area (Å²) in [5, 5.41) is 2.64. The van der Waals surface area contributed by atoms with Crippen molar-refractivity contribution >= 4 is 21.7 Å². The molecule has 1 aromatic rings. The van der Waals surface area contributed by atoms with E-state index in [1.807, 2.05) is 0 Å². The molecule has 0 bridgehead atoms. The molecule has 0 spiro atoms. The molecule has 1 heterocycles. The van der Waals surface area contributed by atoms with E-state index in [0.717, 1.165) is 0 Å². The van der Waals surface area contributed by atoms with Gasteiger partial charge in [-0.25, -0.2) is 0 Å². The lowest BCUT2D eigenvalue weighted by atomic mass is 10.8. The molecule has 0 aliphatic carbocycles. The number of imidazole rings is 1. The maximum atomic E-state index is 9.83. The summed E-state index contributed by atoms with van der Waals surface area (Å²) < 4.78 is 2.27. The van der Waals surface area contributed by atoms with Crippen LogP contribution in [0.15, 0.2) is 16.1 Å². The molecule has 1 aromatic heterocycles. The van der Waals surface area contributed by atoms with E-state index in [9.17, 15) is 4.91 Å². The second-order valence-corrected chi connectivity index (χ2v) is 2.28.